The molecule has 9 heteroatoms. The van der Waals surface area contributed by atoms with Crippen LogP contribution >= 0.6 is 23.1 Å². The summed E-state index contributed by atoms with van der Waals surface area (Å²) >= 11 is 2.75. The van der Waals surface area contributed by atoms with Gasteiger partial charge in [0.2, 0.25) is 5.91 Å². The van der Waals surface area contributed by atoms with Gasteiger partial charge < -0.3 is 16.0 Å². The van der Waals surface area contributed by atoms with Crippen LogP contribution in [-0.4, -0.2) is 17.7 Å². The highest BCUT2D eigenvalue weighted by molar-refractivity contribution is 8.00. The van der Waals surface area contributed by atoms with Crippen LogP contribution in [0.1, 0.15) is 26.0 Å². The average molecular weight is 608 g/mol. The van der Waals surface area contributed by atoms with Gasteiger partial charge in [-0.25, -0.2) is 4.39 Å². The Morgan fingerprint density at radius 2 is 1.42 bits per heavy atom. The maximum absolute atomic E-state index is 14.2. The molecule has 0 spiro atoms. The summed E-state index contributed by atoms with van der Waals surface area (Å²) in [5.74, 6) is -1.76. The second-order valence-corrected chi connectivity index (χ2v) is 11.4. The Morgan fingerprint density at radius 3 is 2.09 bits per heavy atom. The van der Waals surface area contributed by atoms with Gasteiger partial charge in [0.25, 0.3) is 11.8 Å². The van der Waals surface area contributed by atoms with Crippen molar-refractivity contribution < 1.29 is 18.8 Å². The maximum atomic E-state index is 14.2. The fourth-order valence-electron chi connectivity index (χ4n) is 4.07. The van der Waals surface area contributed by atoms with Crippen LogP contribution in [0.25, 0.3) is 6.08 Å². The minimum atomic E-state index is -0.658. The first-order valence-electron chi connectivity index (χ1n) is 13.3. The molecule has 1 aromatic heterocycles. The molecule has 0 aliphatic carbocycles. The van der Waals surface area contributed by atoms with Crippen LogP contribution in [0.4, 0.5) is 15.8 Å². The minimum absolute atomic E-state index is 0.101. The quantitative estimate of drug-likeness (QED) is 0.112. The first kappa shape index (κ1) is 29.5. The van der Waals surface area contributed by atoms with Gasteiger partial charge in [-0.3, -0.25) is 14.4 Å². The fraction of sp³-hybridized carbons (Fsp3) is 0.0294. The highest BCUT2D eigenvalue weighted by Gasteiger charge is 2.23. The van der Waals surface area contributed by atoms with Gasteiger partial charge in [-0.1, -0.05) is 66.7 Å². The lowest BCUT2D eigenvalue weighted by atomic mass is 10.1. The van der Waals surface area contributed by atoms with Crippen molar-refractivity contribution >= 4 is 58.3 Å². The third-order valence-corrected chi connectivity index (χ3v) is 8.28. The molecule has 0 aliphatic heterocycles. The Morgan fingerprint density at radius 1 is 0.744 bits per heavy atom. The predicted octanol–water partition coefficient (Wildman–Crippen LogP) is 7.77. The largest absolute Gasteiger partial charge is 0.322 e. The number of hydrogen-bond acceptors (Lipinski definition) is 5. The number of carbonyl (C=O) groups excluding carboxylic acids is 3. The van der Waals surface area contributed by atoms with Gasteiger partial charge in [-0.15, -0.1) is 23.1 Å². The van der Waals surface area contributed by atoms with Crippen molar-refractivity contribution in [2.24, 2.45) is 0 Å². The molecule has 1 atom stereocenters. The van der Waals surface area contributed by atoms with Crippen molar-refractivity contribution in [3.05, 3.63) is 154 Å². The molecule has 6 nitrogen and oxygen atoms in total. The first-order valence-corrected chi connectivity index (χ1v) is 15.0. The molecule has 1 unspecified atom stereocenters. The second-order valence-electron chi connectivity index (χ2n) is 9.25. The molecule has 214 valence electrons. The third kappa shape index (κ3) is 8.06. The minimum Gasteiger partial charge on any atom is -0.322 e. The zero-order valence-corrected chi connectivity index (χ0v) is 24.3. The van der Waals surface area contributed by atoms with Crippen LogP contribution < -0.4 is 16.0 Å². The molecular weight excluding hydrogens is 582 g/mol. The van der Waals surface area contributed by atoms with Gasteiger partial charge in [-0.2, -0.15) is 0 Å². The van der Waals surface area contributed by atoms with Crippen LogP contribution in [0, 0.1) is 5.82 Å². The lowest BCUT2D eigenvalue weighted by Crippen LogP contribution is -2.30. The Balaban J connectivity index is 1.31. The van der Waals surface area contributed by atoms with Crippen molar-refractivity contribution in [1.82, 2.24) is 5.32 Å². The number of carbonyl (C=O) groups is 3. The van der Waals surface area contributed by atoms with Crippen LogP contribution in [0.5, 0.6) is 0 Å². The average Bonchev–Trinajstić information content (AvgIpc) is 3.55. The van der Waals surface area contributed by atoms with Crippen LogP contribution in [0.3, 0.4) is 0 Å². The zero-order valence-electron chi connectivity index (χ0n) is 22.7. The van der Waals surface area contributed by atoms with Crippen molar-refractivity contribution in [3.8, 4) is 0 Å². The molecule has 3 N–H and O–H groups in total. The smallest absolute Gasteiger partial charge is 0.272 e. The van der Waals surface area contributed by atoms with Crippen molar-refractivity contribution in [3.63, 3.8) is 0 Å². The highest BCUT2D eigenvalue weighted by Crippen LogP contribution is 2.37. The van der Waals surface area contributed by atoms with E-state index in [4.69, 9.17) is 0 Å². The number of nitrogens with one attached hydrogen (secondary N) is 3. The first-order chi connectivity index (χ1) is 21.0. The number of halogens is 1. The number of hydrogen-bond donors (Lipinski definition) is 3. The van der Waals surface area contributed by atoms with Crippen LogP contribution in [0.15, 0.2) is 137 Å². The van der Waals surface area contributed by atoms with Crippen molar-refractivity contribution in [2.75, 3.05) is 10.6 Å². The van der Waals surface area contributed by atoms with Gasteiger partial charge >= 0.3 is 0 Å². The number of para-hydroxylation sites is 1. The van der Waals surface area contributed by atoms with E-state index in [1.807, 2.05) is 53.9 Å². The molecule has 5 rings (SSSR count). The number of anilines is 2. The van der Waals surface area contributed by atoms with E-state index >= 15 is 0 Å². The molecule has 0 saturated carbocycles. The number of rotatable bonds is 10. The molecule has 0 fully saturated rings. The summed E-state index contributed by atoms with van der Waals surface area (Å²) in [5, 5.41) is 9.48. The second kappa shape index (κ2) is 14.3. The highest BCUT2D eigenvalue weighted by atomic mass is 32.2. The third-order valence-electron chi connectivity index (χ3n) is 6.20. The van der Waals surface area contributed by atoms with Gasteiger partial charge in [0.05, 0.1) is 5.69 Å². The van der Waals surface area contributed by atoms with E-state index in [0.717, 1.165) is 15.3 Å². The van der Waals surface area contributed by atoms with Crippen molar-refractivity contribution in [2.45, 2.75) is 10.1 Å². The van der Waals surface area contributed by atoms with E-state index in [9.17, 15) is 18.8 Å². The Labute approximate surface area is 256 Å². The van der Waals surface area contributed by atoms with Gasteiger partial charge in [0.1, 0.15) is 16.8 Å². The lowest BCUT2D eigenvalue weighted by molar-refractivity contribution is -0.116. The summed E-state index contributed by atoms with van der Waals surface area (Å²) in [6.07, 6.45) is 1.63. The van der Waals surface area contributed by atoms with E-state index < -0.39 is 22.9 Å². The molecule has 0 aliphatic rings. The number of amides is 3. The van der Waals surface area contributed by atoms with Gasteiger partial charge in [-0.05, 0) is 71.6 Å². The summed E-state index contributed by atoms with van der Waals surface area (Å²) in [4.78, 5) is 40.9. The Hall–Kier alpha value is -4.99. The zero-order chi connectivity index (χ0) is 30.0. The molecule has 0 bridgehead atoms. The molecule has 3 amide bonds. The molecule has 43 heavy (non-hydrogen) atoms. The van der Waals surface area contributed by atoms with E-state index in [1.54, 1.807) is 66.7 Å². The van der Waals surface area contributed by atoms with E-state index in [1.165, 1.54) is 35.2 Å². The molecular formula is C34H26FN3O3S2. The predicted molar refractivity (Wildman–Crippen MR) is 171 cm³/mol. The summed E-state index contributed by atoms with van der Waals surface area (Å²) in [5.41, 5.74) is 1.91. The molecule has 0 radical (unpaired) electrons. The molecule has 5 aromatic rings. The van der Waals surface area contributed by atoms with Gasteiger partial charge in [0, 0.05) is 21.0 Å². The summed E-state index contributed by atoms with van der Waals surface area (Å²) in [6, 6.07) is 34.7. The number of benzene rings is 4. The Kier molecular flexibility index (Phi) is 9.78. The topological polar surface area (TPSA) is 87.3 Å². The van der Waals surface area contributed by atoms with Crippen LogP contribution in [-0.2, 0) is 9.59 Å². The summed E-state index contributed by atoms with van der Waals surface area (Å²) in [6.45, 7) is 0. The van der Waals surface area contributed by atoms with Crippen LogP contribution in [0.2, 0.25) is 0 Å². The molecule has 0 saturated heterocycles. The summed E-state index contributed by atoms with van der Waals surface area (Å²) in [7, 11) is 0. The van der Waals surface area contributed by atoms with E-state index in [2.05, 4.69) is 16.0 Å². The lowest BCUT2D eigenvalue weighted by Gasteiger charge is -2.18. The molecule has 4 aromatic carbocycles. The normalized spacial score (nSPS) is 11.8. The Bertz CT molecular complexity index is 1730. The summed E-state index contributed by atoms with van der Waals surface area (Å²) < 4.78 is 14.2. The van der Waals surface area contributed by atoms with E-state index in [0.29, 0.717) is 11.3 Å². The van der Waals surface area contributed by atoms with Crippen molar-refractivity contribution in [1.29, 1.82) is 0 Å². The number of thioether (sulfide) groups is 1. The molecule has 1 heterocycles. The SMILES string of the molecule is O=C(Nc1ccc(SC(C(=O)Nc2ccccc2F)c2ccccc2)cc1)/C(=C/c1cccs1)NC(=O)c1ccccc1. The fourth-order valence-corrected chi connectivity index (χ4v) is 5.75. The standard InChI is InChI=1S/C34H26FN3O3S2/c35-28-15-7-8-16-29(28)37-34(41)31(23-10-3-1-4-11-23)43-26-19-17-25(18-20-26)36-33(40)30(22-27-14-9-21-42-27)38-32(39)24-12-5-2-6-13-24/h1-22,31H,(H,36,40)(H,37,41)(H,38,39)/b30-22-. The maximum Gasteiger partial charge on any atom is 0.272 e. The monoisotopic (exact) mass is 607 g/mol. The number of thiophene rings is 1. The van der Waals surface area contributed by atoms with E-state index in [-0.39, 0.29) is 17.3 Å². The van der Waals surface area contributed by atoms with Gasteiger partial charge in [0.15, 0.2) is 0 Å².